The summed E-state index contributed by atoms with van der Waals surface area (Å²) in [5.41, 5.74) is 0.328. The van der Waals surface area contributed by atoms with E-state index in [1.165, 1.54) is 11.3 Å². The standard InChI is InChI=1S/C25H24ClN3O3S/c1-2-28(16-20-13-14-21(26)33-20)22(30)17-29-23(31)25(27-24(29)32,19-11-7-4-8-12-19)15-18-9-5-3-6-10-18/h3-14H,2,15-17H2,1H3,(H,27,32). The Morgan fingerprint density at radius 2 is 1.70 bits per heavy atom. The minimum Gasteiger partial charge on any atom is -0.336 e. The molecule has 1 N–H and O–H groups in total. The van der Waals surface area contributed by atoms with Crippen molar-refractivity contribution in [3.05, 3.63) is 93.1 Å². The smallest absolute Gasteiger partial charge is 0.325 e. The van der Waals surface area contributed by atoms with Gasteiger partial charge in [-0.15, -0.1) is 11.3 Å². The quantitative estimate of drug-likeness (QED) is 0.483. The number of nitrogens with one attached hydrogen (secondary N) is 1. The SMILES string of the molecule is CCN(Cc1ccc(Cl)s1)C(=O)CN1C(=O)NC(Cc2ccccc2)(c2ccccc2)C1=O. The lowest BCUT2D eigenvalue weighted by molar-refractivity contribution is -0.139. The summed E-state index contributed by atoms with van der Waals surface area (Å²) >= 11 is 7.41. The van der Waals surface area contributed by atoms with E-state index < -0.39 is 17.5 Å². The van der Waals surface area contributed by atoms with Crippen molar-refractivity contribution in [2.75, 3.05) is 13.1 Å². The van der Waals surface area contributed by atoms with Gasteiger partial charge >= 0.3 is 6.03 Å². The van der Waals surface area contributed by atoms with Gasteiger partial charge in [-0.2, -0.15) is 0 Å². The van der Waals surface area contributed by atoms with Crippen molar-refractivity contribution in [2.24, 2.45) is 0 Å². The number of amides is 4. The molecule has 1 aromatic heterocycles. The van der Waals surface area contributed by atoms with Gasteiger partial charge in [0.1, 0.15) is 6.54 Å². The van der Waals surface area contributed by atoms with E-state index in [4.69, 9.17) is 11.6 Å². The molecule has 6 nitrogen and oxygen atoms in total. The highest BCUT2D eigenvalue weighted by Crippen LogP contribution is 2.33. The minimum atomic E-state index is -1.27. The molecule has 0 spiro atoms. The Morgan fingerprint density at radius 1 is 1.03 bits per heavy atom. The molecule has 1 aliphatic rings. The maximum absolute atomic E-state index is 13.7. The van der Waals surface area contributed by atoms with Crippen LogP contribution in [0.15, 0.2) is 72.8 Å². The molecule has 0 radical (unpaired) electrons. The van der Waals surface area contributed by atoms with E-state index in [2.05, 4.69) is 5.32 Å². The van der Waals surface area contributed by atoms with E-state index >= 15 is 0 Å². The monoisotopic (exact) mass is 481 g/mol. The molecule has 4 rings (SSSR count). The van der Waals surface area contributed by atoms with Crippen molar-refractivity contribution >= 4 is 40.8 Å². The summed E-state index contributed by atoms with van der Waals surface area (Å²) in [4.78, 5) is 43.3. The van der Waals surface area contributed by atoms with Crippen LogP contribution in [-0.4, -0.2) is 40.7 Å². The van der Waals surface area contributed by atoms with Crippen LogP contribution in [0.4, 0.5) is 4.79 Å². The van der Waals surface area contributed by atoms with Crippen molar-refractivity contribution in [3.8, 4) is 0 Å². The Kier molecular flexibility index (Phi) is 6.81. The van der Waals surface area contributed by atoms with E-state index in [1.807, 2.05) is 73.7 Å². The fourth-order valence-corrected chi connectivity index (χ4v) is 5.15. The molecule has 1 atom stereocenters. The second-order valence-corrected chi connectivity index (χ2v) is 9.67. The number of carbonyl (C=O) groups is 3. The molecular formula is C25H24ClN3O3S. The maximum Gasteiger partial charge on any atom is 0.325 e. The van der Waals surface area contributed by atoms with Crippen LogP contribution in [0.2, 0.25) is 4.34 Å². The van der Waals surface area contributed by atoms with Crippen molar-refractivity contribution in [2.45, 2.75) is 25.4 Å². The zero-order valence-corrected chi connectivity index (χ0v) is 19.7. The molecule has 33 heavy (non-hydrogen) atoms. The van der Waals surface area contributed by atoms with Gasteiger partial charge in [0.15, 0.2) is 5.54 Å². The van der Waals surface area contributed by atoms with Gasteiger partial charge < -0.3 is 10.2 Å². The summed E-state index contributed by atoms with van der Waals surface area (Å²) in [7, 11) is 0. The van der Waals surface area contributed by atoms with Gasteiger partial charge in [-0.05, 0) is 30.2 Å². The summed E-state index contributed by atoms with van der Waals surface area (Å²) in [6.07, 6.45) is 0.290. The molecule has 2 aromatic carbocycles. The first-order chi connectivity index (χ1) is 15.9. The van der Waals surface area contributed by atoms with Crippen LogP contribution in [0.5, 0.6) is 0 Å². The number of benzene rings is 2. The fourth-order valence-electron chi connectivity index (χ4n) is 4.05. The van der Waals surface area contributed by atoms with E-state index in [0.717, 1.165) is 15.3 Å². The zero-order chi connectivity index (χ0) is 23.4. The molecule has 1 unspecified atom stereocenters. The summed E-state index contributed by atoms with van der Waals surface area (Å²) in [5, 5.41) is 2.90. The van der Waals surface area contributed by atoms with Gasteiger partial charge in [-0.1, -0.05) is 72.3 Å². The van der Waals surface area contributed by atoms with Crippen LogP contribution < -0.4 is 5.32 Å². The van der Waals surface area contributed by atoms with E-state index in [-0.39, 0.29) is 18.9 Å². The van der Waals surface area contributed by atoms with Crippen LogP contribution in [0, 0.1) is 0 Å². The van der Waals surface area contributed by atoms with E-state index in [1.54, 1.807) is 11.0 Å². The zero-order valence-electron chi connectivity index (χ0n) is 18.2. The molecule has 3 aromatic rings. The van der Waals surface area contributed by atoms with Gasteiger partial charge in [0.05, 0.1) is 10.9 Å². The lowest BCUT2D eigenvalue weighted by Gasteiger charge is -2.28. The number of hydrogen-bond acceptors (Lipinski definition) is 4. The van der Waals surface area contributed by atoms with Gasteiger partial charge in [0.2, 0.25) is 5.91 Å². The number of hydrogen-bond donors (Lipinski definition) is 1. The average Bonchev–Trinajstić information content (AvgIpc) is 3.34. The normalized spacial score (nSPS) is 17.8. The molecule has 1 aliphatic heterocycles. The lowest BCUT2D eigenvalue weighted by Crippen LogP contribution is -2.47. The second kappa shape index (κ2) is 9.77. The van der Waals surface area contributed by atoms with Gasteiger partial charge in [-0.25, -0.2) is 4.79 Å². The highest BCUT2D eigenvalue weighted by molar-refractivity contribution is 7.16. The van der Waals surface area contributed by atoms with E-state index in [0.29, 0.717) is 23.0 Å². The number of thiophene rings is 1. The van der Waals surface area contributed by atoms with Crippen LogP contribution in [0.1, 0.15) is 22.9 Å². The first kappa shape index (κ1) is 23.0. The molecule has 0 saturated carbocycles. The Balaban J connectivity index is 1.59. The highest BCUT2D eigenvalue weighted by Gasteiger charge is 2.52. The topological polar surface area (TPSA) is 69.7 Å². The fraction of sp³-hybridized carbons (Fsp3) is 0.240. The predicted octanol–water partition coefficient (Wildman–Crippen LogP) is 4.44. The van der Waals surface area contributed by atoms with Gasteiger partial charge in [-0.3, -0.25) is 14.5 Å². The van der Waals surface area contributed by atoms with Crippen LogP contribution in [-0.2, 0) is 28.1 Å². The third-order valence-corrected chi connectivity index (χ3v) is 6.97. The summed E-state index contributed by atoms with van der Waals surface area (Å²) < 4.78 is 0.649. The number of rotatable bonds is 8. The third kappa shape index (κ3) is 4.79. The van der Waals surface area contributed by atoms with Crippen LogP contribution in [0.3, 0.4) is 0 Å². The molecule has 1 saturated heterocycles. The van der Waals surface area contributed by atoms with Crippen molar-refractivity contribution in [3.63, 3.8) is 0 Å². The van der Waals surface area contributed by atoms with Crippen molar-refractivity contribution in [1.29, 1.82) is 0 Å². The lowest BCUT2D eigenvalue weighted by atomic mass is 9.83. The summed E-state index contributed by atoms with van der Waals surface area (Å²) in [5.74, 6) is -0.722. The van der Waals surface area contributed by atoms with Gasteiger partial charge in [0.25, 0.3) is 5.91 Å². The number of likely N-dealkylation sites (N-methyl/N-ethyl adjacent to an activating group) is 1. The molecule has 0 bridgehead atoms. The number of nitrogens with zero attached hydrogens (tertiary/aromatic N) is 2. The maximum atomic E-state index is 13.7. The Bertz CT molecular complexity index is 1150. The Morgan fingerprint density at radius 3 is 2.30 bits per heavy atom. The molecule has 4 amide bonds. The van der Waals surface area contributed by atoms with E-state index in [9.17, 15) is 14.4 Å². The predicted molar refractivity (Wildman–Crippen MR) is 129 cm³/mol. The van der Waals surface area contributed by atoms with Gasteiger partial charge in [0, 0.05) is 17.8 Å². The third-order valence-electron chi connectivity index (χ3n) is 5.76. The summed E-state index contributed by atoms with van der Waals surface area (Å²) in [6, 6.07) is 21.8. The first-order valence-electron chi connectivity index (χ1n) is 10.7. The molecule has 2 heterocycles. The summed E-state index contributed by atoms with van der Waals surface area (Å²) in [6.45, 7) is 2.37. The second-order valence-electron chi connectivity index (χ2n) is 7.87. The molecule has 0 aliphatic carbocycles. The number of urea groups is 1. The van der Waals surface area contributed by atoms with Crippen LogP contribution >= 0.6 is 22.9 Å². The minimum absolute atomic E-state index is 0.290. The number of halogens is 1. The number of imide groups is 1. The molecule has 170 valence electrons. The largest absolute Gasteiger partial charge is 0.336 e. The molecule has 8 heteroatoms. The molecule has 1 fully saturated rings. The van der Waals surface area contributed by atoms with Crippen molar-refractivity contribution < 1.29 is 14.4 Å². The highest BCUT2D eigenvalue weighted by atomic mass is 35.5. The Labute approximate surface area is 201 Å². The average molecular weight is 482 g/mol. The Hall–Kier alpha value is -3.16. The van der Waals surface area contributed by atoms with Crippen LogP contribution in [0.25, 0.3) is 0 Å². The number of carbonyl (C=O) groups excluding carboxylic acids is 3. The first-order valence-corrected chi connectivity index (χ1v) is 11.9. The molecular weight excluding hydrogens is 458 g/mol. The van der Waals surface area contributed by atoms with Crippen molar-refractivity contribution in [1.82, 2.24) is 15.1 Å².